The number of aryl methyl sites for hydroxylation is 1. The molecule has 0 radical (unpaired) electrons. The van der Waals surface area contributed by atoms with Gasteiger partial charge in [-0.15, -0.1) is 0 Å². The quantitative estimate of drug-likeness (QED) is 0.772. The monoisotopic (exact) mass is 214 g/mol. The van der Waals surface area contributed by atoms with E-state index >= 15 is 0 Å². The van der Waals surface area contributed by atoms with Crippen molar-refractivity contribution < 1.29 is 0 Å². The summed E-state index contributed by atoms with van der Waals surface area (Å²) in [6, 6.07) is 8.75. The van der Waals surface area contributed by atoms with Gasteiger partial charge in [0.15, 0.2) is 0 Å². The predicted octanol–water partition coefficient (Wildman–Crippen LogP) is 2.56. The molecule has 1 aliphatic rings. The number of fused-ring (bicyclic) bond motifs is 1. The lowest BCUT2D eigenvalue weighted by Gasteiger charge is -2.09. The van der Waals surface area contributed by atoms with Crippen molar-refractivity contribution in [2.24, 2.45) is 7.05 Å². The molecule has 1 atom stereocenters. The summed E-state index contributed by atoms with van der Waals surface area (Å²) in [5.74, 6) is 0.700. The number of nitrogens with zero attached hydrogens (tertiary/aromatic N) is 1. The summed E-state index contributed by atoms with van der Waals surface area (Å²) in [4.78, 5) is 0. The van der Waals surface area contributed by atoms with Gasteiger partial charge in [-0.25, -0.2) is 0 Å². The van der Waals surface area contributed by atoms with Crippen LogP contribution in [0.25, 0.3) is 10.9 Å². The van der Waals surface area contributed by atoms with Crippen LogP contribution in [0.4, 0.5) is 0 Å². The Labute approximate surface area is 96.3 Å². The molecule has 1 fully saturated rings. The van der Waals surface area contributed by atoms with Crippen LogP contribution < -0.4 is 5.32 Å². The molecule has 2 aromatic rings. The summed E-state index contributed by atoms with van der Waals surface area (Å²) in [6.07, 6.45) is 1.27. The maximum atomic E-state index is 3.46. The number of hydrogen-bond donors (Lipinski definition) is 1. The van der Waals surface area contributed by atoms with E-state index in [1.165, 1.54) is 23.0 Å². The molecule has 1 unspecified atom stereocenters. The Hall–Kier alpha value is -1.28. The summed E-state index contributed by atoms with van der Waals surface area (Å²) in [5, 5.41) is 4.90. The first-order valence-corrected chi connectivity index (χ1v) is 6.03. The van der Waals surface area contributed by atoms with E-state index in [0.29, 0.717) is 5.92 Å². The molecule has 2 heteroatoms. The lowest BCUT2D eigenvalue weighted by atomic mass is 9.95. The molecule has 1 aromatic heterocycles. The van der Waals surface area contributed by atoms with Gasteiger partial charge in [-0.2, -0.15) is 0 Å². The van der Waals surface area contributed by atoms with Crippen LogP contribution in [0.1, 0.15) is 23.6 Å². The lowest BCUT2D eigenvalue weighted by molar-refractivity contribution is 0.751. The zero-order valence-corrected chi connectivity index (χ0v) is 9.96. The molecule has 0 saturated carbocycles. The minimum Gasteiger partial charge on any atom is -0.348 e. The number of para-hydroxylation sites is 1. The van der Waals surface area contributed by atoms with Crippen LogP contribution in [0.5, 0.6) is 0 Å². The molecule has 16 heavy (non-hydrogen) atoms. The molecule has 0 amide bonds. The van der Waals surface area contributed by atoms with E-state index in [1.807, 2.05) is 0 Å². The molecule has 0 aliphatic carbocycles. The molecule has 84 valence electrons. The van der Waals surface area contributed by atoms with E-state index < -0.39 is 0 Å². The smallest absolute Gasteiger partial charge is 0.0482 e. The molecule has 1 saturated heterocycles. The summed E-state index contributed by atoms with van der Waals surface area (Å²) >= 11 is 0. The van der Waals surface area contributed by atoms with Crippen molar-refractivity contribution in [3.8, 4) is 0 Å². The van der Waals surface area contributed by atoms with Gasteiger partial charge < -0.3 is 9.88 Å². The fraction of sp³-hybridized carbons (Fsp3) is 0.429. The average Bonchev–Trinajstić information content (AvgIpc) is 2.89. The Balaban J connectivity index is 2.26. The maximum Gasteiger partial charge on any atom is 0.0482 e. The molecular formula is C14H18N2. The zero-order valence-electron chi connectivity index (χ0n) is 9.96. The molecule has 1 aromatic carbocycles. The fourth-order valence-electron chi connectivity index (χ4n) is 2.97. The highest BCUT2D eigenvalue weighted by atomic mass is 15.0. The highest BCUT2D eigenvalue weighted by Crippen LogP contribution is 2.33. The van der Waals surface area contributed by atoms with Crippen molar-refractivity contribution in [1.82, 2.24) is 9.88 Å². The molecular weight excluding hydrogens is 196 g/mol. The number of aromatic nitrogens is 1. The van der Waals surface area contributed by atoms with Crippen molar-refractivity contribution >= 4 is 10.9 Å². The summed E-state index contributed by atoms with van der Waals surface area (Å²) < 4.78 is 2.32. The average molecular weight is 214 g/mol. The van der Waals surface area contributed by atoms with Gasteiger partial charge in [0.1, 0.15) is 0 Å². The third kappa shape index (κ3) is 1.30. The lowest BCUT2D eigenvalue weighted by Crippen LogP contribution is -2.08. The van der Waals surface area contributed by atoms with Crippen LogP contribution in [-0.2, 0) is 7.05 Å². The molecule has 1 N–H and O–H groups in total. The molecule has 0 spiro atoms. The number of rotatable bonds is 1. The first-order chi connectivity index (χ1) is 7.79. The van der Waals surface area contributed by atoms with E-state index in [2.05, 4.69) is 48.1 Å². The topological polar surface area (TPSA) is 17.0 Å². The molecule has 1 aliphatic heterocycles. The Morgan fingerprint density at radius 1 is 1.31 bits per heavy atom. The van der Waals surface area contributed by atoms with E-state index in [9.17, 15) is 0 Å². The van der Waals surface area contributed by atoms with Crippen LogP contribution >= 0.6 is 0 Å². The summed E-state index contributed by atoms with van der Waals surface area (Å²) in [7, 11) is 2.17. The summed E-state index contributed by atoms with van der Waals surface area (Å²) in [5.41, 5.74) is 4.35. The Morgan fingerprint density at radius 3 is 2.88 bits per heavy atom. The molecule has 2 heterocycles. The van der Waals surface area contributed by atoms with Gasteiger partial charge >= 0.3 is 0 Å². The van der Waals surface area contributed by atoms with E-state index in [4.69, 9.17) is 0 Å². The minimum atomic E-state index is 0.700. The van der Waals surface area contributed by atoms with Gasteiger partial charge in [-0.3, -0.25) is 0 Å². The molecule has 0 bridgehead atoms. The largest absolute Gasteiger partial charge is 0.348 e. The first kappa shape index (κ1) is 9.91. The van der Waals surface area contributed by atoms with Crippen molar-refractivity contribution in [3.63, 3.8) is 0 Å². The van der Waals surface area contributed by atoms with Crippen molar-refractivity contribution in [3.05, 3.63) is 35.5 Å². The normalized spacial score (nSPS) is 20.8. The van der Waals surface area contributed by atoms with Gasteiger partial charge in [-0.05, 0) is 37.4 Å². The fourth-order valence-corrected chi connectivity index (χ4v) is 2.97. The van der Waals surface area contributed by atoms with Crippen LogP contribution in [-0.4, -0.2) is 17.7 Å². The minimum absolute atomic E-state index is 0.700. The van der Waals surface area contributed by atoms with Crippen LogP contribution in [0.3, 0.4) is 0 Å². The van der Waals surface area contributed by atoms with Gasteiger partial charge in [0.05, 0.1) is 0 Å². The number of nitrogens with one attached hydrogen (secondary N) is 1. The third-order valence-electron chi connectivity index (χ3n) is 3.92. The third-order valence-corrected chi connectivity index (χ3v) is 3.92. The number of benzene rings is 1. The van der Waals surface area contributed by atoms with E-state index in [1.54, 1.807) is 5.56 Å². The first-order valence-electron chi connectivity index (χ1n) is 6.03. The maximum absolute atomic E-state index is 3.46. The van der Waals surface area contributed by atoms with Crippen LogP contribution in [0.15, 0.2) is 24.3 Å². The molecule has 2 nitrogen and oxygen atoms in total. The Bertz CT molecular complexity index is 519. The second-order valence-corrected chi connectivity index (χ2v) is 4.76. The van der Waals surface area contributed by atoms with Crippen molar-refractivity contribution in [2.75, 3.05) is 13.1 Å². The second-order valence-electron chi connectivity index (χ2n) is 4.76. The molecule has 3 rings (SSSR count). The van der Waals surface area contributed by atoms with Gasteiger partial charge in [-0.1, -0.05) is 18.2 Å². The van der Waals surface area contributed by atoms with E-state index in [-0.39, 0.29) is 0 Å². The number of hydrogen-bond acceptors (Lipinski definition) is 1. The van der Waals surface area contributed by atoms with Gasteiger partial charge in [0.25, 0.3) is 0 Å². The SMILES string of the molecule is Cc1c(C2CCNC2)c2ccccc2n1C. The Kier molecular flexibility index (Phi) is 2.25. The van der Waals surface area contributed by atoms with Crippen molar-refractivity contribution in [2.45, 2.75) is 19.3 Å². The zero-order chi connectivity index (χ0) is 11.1. The standard InChI is InChI=1S/C14H18N2/c1-10-14(11-7-8-15-9-11)12-5-3-4-6-13(12)16(10)2/h3-6,11,15H,7-9H2,1-2H3. The predicted molar refractivity (Wildman–Crippen MR) is 67.9 cm³/mol. The summed E-state index contributed by atoms with van der Waals surface area (Å²) in [6.45, 7) is 4.54. The second kappa shape index (κ2) is 3.63. The van der Waals surface area contributed by atoms with Crippen LogP contribution in [0.2, 0.25) is 0 Å². The van der Waals surface area contributed by atoms with Gasteiger partial charge in [0, 0.05) is 30.2 Å². The highest BCUT2D eigenvalue weighted by Gasteiger charge is 2.23. The Morgan fingerprint density at radius 2 is 2.12 bits per heavy atom. The highest BCUT2D eigenvalue weighted by molar-refractivity contribution is 5.86. The van der Waals surface area contributed by atoms with Crippen molar-refractivity contribution in [1.29, 1.82) is 0 Å². The van der Waals surface area contributed by atoms with E-state index in [0.717, 1.165) is 13.1 Å². The van der Waals surface area contributed by atoms with Gasteiger partial charge in [0.2, 0.25) is 0 Å². The van der Waals surface area contributed by atoms with Crippen LogP contribution in [0, 0.1) is 6.92 Å².